The van der Waals surface area contributed by atoms with Gasteiger partial charge in [0.05, 0.1) is 6.61 Å². The van der Waals surface area contributed by atoms with E-state index in [0.29, 0.717) is 25.3 Å². The summed E-state index contributed by atoms with van der Waals surface area (Å²) in [6.45, 7) is 4.11. The van der Waals surface area contributed by atoms with Crippen LogP contribution in [-0.4, -0.2) is 35.6 Å². The fraction of sp³-hybridized carbons (Fsp3) is 0.571. The predicted molar refractivity (Wildman–Crippen MR) is 69.6 cm³/mol. The summed E-state index contributed by atoms with van der Waals surface area (Å²) in [7, 11) is 0. The van der Waals surface area contributed by atoms with Crippen molar-refractivity contribution < 1.29 is 14.9 Å². The van der Waals surface area contributed by atoms with Crippen molar-refractivity contribution in [1.29, 1.82) is 0 Å². The number of phenols is 1. The van der Waals surface area contributed by atoms with E-state index in [2.05, 4.69) is 5.32 Å². The molecule has 2 rings (SSSR count). The number of aromatic hydroxyl groups is 1. The summed E-state index contributed by atoms with van der Waals surface area (Å²) in [5.41, 5.74) is 1.81. The molecule has 0 saturated carbocycles. The summed E-state index contributed by atoms with van der Waals surface area (Å²) in [6.07, 6.45) is 1.62. The van der Waals surface area contributed by atoms with E-state index in [1.165, 1.54) is 0 Å². The molecule has 1 saturated heterocycles. The van der Waals surface area contributed by atoms with Gasteiger partial charge >= 0.3 is 0 Å². The lowest BCUT2D eigenvalue weighted by Crippen LogP contribution is -2.46. The molecule has 0 aromatic heterocycles. The van der Waals surface area contributed by atoms with Gasteiger partial charge in [-0.25, -0.2) is 0 Å². The maximum atomic E-state index is 9.67. The molecule has 0 aliphatic carbocycles. The lowest BCUT2D eigenvalue weighted by molar-refractivity contribution is 0.146. The van der Waals surface area contributed by atoms with E-state index in [1.54, 1.807) is 6.07 Å². The average molecular weight is 251 g/mol. The third kappa shape index (κ3) is 3.02. The molecule has 1 aliphatic rings. The van der Waals surface area contributed by atoms with Crippen molar-refractivity contribution >= 4 is 0 Å². The van der Waals surface area contributed by atoms with Gasteiger partial charge in [0.15, 0.2) is 0 Å². The first-order valence-corrected chi connectivity index (χ1v) is 6.37. The zero-order chi connectivity index (χ0) is 13.0. The first kappa shape index (κ1) is 13.3. The fourth-order valence-corrected chi connectivity index (χ4v) is 2.30. The van der Waals surface area contributed by atoms with E-state index in [0.717, 1.165) is 24.2 Å². The first-order valence-electron chi connectivity index (χ1n) is 6.37. The molecule has 100 valence electrons. The third-order valence-corrected chi connectivity index (χ3v) is 3.63. The largest absolute Gasteiger partial charge is 0.508 e. The molecule has 0 radical (unpaired) electrons. The van der Waals surface area contributed by atoms with Crippen LogP contribution in [0.2, 0.25) is 0 Å². The van der Waals surface area contributed by atoms with E-state index in [4.69, 9.17) is 9.84 Å². The Morgan fingerprint density at radius 3 is 2.89 bits per heavy atom. The molecule has 18 heavy (non-hydrogen) atoms. The minimum Gasteiger partial charge on any atom is -0.508 e. The van der Waals surface area contributed by atoms with Gasteiger partial charge in [0.1, 0.15) is 5.75 Å². The number of benzene rings is 1. The third-order valence-electron chi connectivity index (χ3n) is 3.63. The van der Waals surface area contributed by atoms with E-state index >= 15 is 0 Å². The molecular formula is C14H21NO3. The molecule has 1 aromatic rings. The van der Waals surface area contributed by atoms with Gasteiger partial charge in [0.25, 0.3) is 0 Å². The van der Waals surface area contributed by atoms with E-state index in [1.807, 2.05) is 19.1 Å². The quantitative estimate of drug-likeness (QED) is 0.739. The second-order valence-corrected chi connectivity index (χ2v) is 5.03. The lowest BCUT2D eigenvalue weighted by Gasteiger charge is -2.28. The molecule has 1 unspecified atom stereocenters. The second-order valence-electron chi connectivity index (χ2n) is 5.03. The van der Waals surface area contributed by atoms with Crippen molar-refractivity contribution in [2.45, 2.75) is 31.8 Å². The van der Waals surface area contributed by atoms with Crippen LogP contribution in [-0.2, 0) is 11.3 Å². The van der Waals surface area contributed by atoms with Crippen molar-refractivity contribution in [2.75, 3.05) is 19.8 Å². The van der Waals surface area contributed by atoms with E-state index in [9.17, 15) is 5.11 Å². The summed E-state index contributed by atoms with van der Waals surface area (Å²) in [6, 6.07) is 5.70. The van der Waals surface area contributed by atoms with Gasteiger partial charge in [-0.2, -0.15) is 0 Å². The first-order chi connectivity index (χ1) is 8.65. The number of nitrogens with one attached hydrogen (secondary N) is 1. The molecule has 0 spiro atoms. The van der Waals surface area contributed by atoms with Crippen LogP contribution in [0.4, 0.5) is 0 Å². The van der Waals surface area contributed by atoms with Crippen molar-refractivity contribution in [3.05, 3.63) is 29.3 Å². The van der Waals surface area contributed by atoms with Crippen LogP contribution in [0.3, 0.4) is 0 Å². The second kappa shape index (κ2) is 5.69. The topological polar surface area (TPSA) is 61.7 Å². The van der Waals surface area contributed by atoms with Crippen LogP contribution in [0.15, 0.2) is 18.2 Å². The Bertz CT molecular complexity index is 400. The summed E-state index contributed by atoms with van der Waals surface area (Å²) >= 11 is 0. The van der Waals surface area contributed by atoms with Gasteiger partial charge in [-0.15, -0.1) is 0 Å². The lowest BCUT2D eigenvalue weighted by atomic mass is 9.94. The standard InChI is InChI=1S/C14H21NO3/c1-11-2-3-12(8-13(11)17)9-15-14(4-6-16)5-7-18-10-14/h2-3,8,15-17H,4-7,9-10H2,1H3. The Labute approximate surface area is 108 Å². The number of rotatable bonds is 5. The molecule has 1 heterocycles. The monoisotopic (exact) mass is 251 g/mol. The van der Waals surface area contributed by atoms with Crippen molar-refractivity contribution in [3.8, 4) is 5.75 Å². The SMILES string of the molecule is Cc1ccc(CNC2(CCO)CCOC2)cc1O. The molecule has 1 atom stereocenters. The minimum atomic E-state index is -0.116. The van der Waals surface area contributed by atoms with Crippen LogP contribution in [0, 0.1) is 6.92 Å². The predicted octanol–water partition coefficient (Wildman–Crippen LogP) is 1.33. The number of ether oxygens (including phenoxy) is 1. The molecular weight excluding hydrogens is 230 g/mol. The molecule has 0 amide bonds. The van der Waals surface area contributed by atoms with Gasteiger partial charge in [-0.3, -0.25) is 0 Å². The van der Waals surface area contributed by atoms with Crippen molar-refractivity contribution in [1.82, 2.24) is 5.32 Å². The Morgan fingerprint density at radius 1 is 1.44 bits per heavy atom. The minimum absolute atomic E-state index is 0.116. The summed E-state index contributed by atoms with van der Waals surface area (Å²) in [5, 5.41) is 22.3. The van der Waals surface area contributed by atoms with Gasteiger partial charge < -0.3 is 20.3 Å². The Morgan fingerprint density at radius 2 is 2.28 bits per heavy atom. The van der Waals surface area contributed by atoms with Crippen LogP contribution in [0.1, 0.15) is 24.0 Å². The van der Waals surface area contributed by atoms with Crippen LogP contribution >= 0.6 is 0 Å². The number of aryl methyl sites for hydroxylation is 1. The van der Waals surface area contributed by atoms with E-state index < -0.39 is 0 Å². The zero-order valence-corrected chi connectivity index (χ0v) is 10.8. The maximum Gasteiger partial charge on any atom is 0.118 e. The molecule has 3 N–H and O–H groups in total. The van der Waals surface area contributed by atoms with Gasteiger partial charge in [0.2, 0.25) is 0 Å². The van der Waals surface area contributed by atoms with Gasteiger partial charge in [0, 0.05) is 25.3 Å². The number of aliphatic hydroxyl groups is 1. The number of hydrogen-bond donors (Lipinski definition) is 3. The van der Waals surface area contributed by atoms with Crippen molar-refractivity contribution in [2.24, 2.45) is 0 Å². The highest BCUT2D eigenvalue weighted by Crippen LogP contribution is 2.24. The normalized spacial score (nSPS) is 23.4. The summed E-state index contributed by atoms with van der Waals surface area (Å²) < 4.78 is 5.42. The Kier molecular flexibility index (Phi) is 4.22. The van der Waals surface area contributed by atoms with Gasteiger partial charge in [-0.05, 0) is 37.0 Å². The average Bonchev–Trinajstić information content (AvgIpc) is 2.80. The molecule has 1 aliphatic heterocycles. The molecule has 1 fully saturated rings. The molecule has 4 heteroatoms. The number of hydrogen-bond acceptors (Lipinski definition) is 4. The van der Waals surface area contributed by atoms with Crippen LogP contribution in [0.5, 0.6) is 5.75 Å². The maximum absolute atomic E-state index is 9.67. The van der Waals surface area contributed by atoms with Crippen LogP contribution < -0.4 is 5.32 Å². The number of aliphatic hydroxyl groups excluding tert-OH is 1. The molecule has 4 nitrogen and oxygen atoms in total. The fourth-order valence-electron chi connectivity index (χ4n) is 2.30. The van der Waals surface area contributed by atoms with E-state index in [-0.39, 0.29) is 12.1 Å². The highest BCUT2D eigenvalue weighted by Gasteiger charge is 2.33. The summed E-state index contributed by atoms with van der Waals surface area (Å²) in [4.78, 5) is 0. The number of phenolic OH excluding ortho intramolecular Hbond substituents is 1. The smallest absolute Gasteiger partial charge is 0.118 e. The Hall–Kier alpha value is -1.10. The highest BCUT2D eigenvalue weighted by molar-refractivity contribution is 5.35. The molecule has 0 bridgehead atoms. The molecule has 1 aromatic carbocycles. The van der Waals surface area contributed by atoms with Crippen molar-refractivity contribution in [3.63, 3.8) is 0 Å². The Balaban J connectivity index is 1.98. The summed E-state index contributed by atoms with van der Waals surface area (Å²) in [5.74, 6) is 0.327. The van der Waals surface area contributed by atoms with Gasteiger partial charge in [-0.1, -0.05) is 12.1 Å². The highest BCUT2D eigenvalue weighted by atomic mass is 16.5. The zero-order valence-electron chi connectivity index (χ0n) is 10.8. The van der Waals surface area contributed by atoms with Crippen LogP contribution in [0.25, 0.3) is 0 Å².